The Morgan fingerprint density at radius 2 is 2.12 bits per heavy atom. The zero-order valence-corrected chi connectivity index (χ0v) is 14.8. The lowest BCUT2D eigenvalue weighted by Gasteiger charge is -2.16. The molecular formula is C19H21FN2OS. The maximum Gasteiger partial charge on any atom is 0.281 e. The second kappa shape index (κ2) is 7.26. The molecule has 0 fully saturated rings. The number of benzene rings is 1. The molecule has 0 aliphatic heterocycles. The van der Waals surface area contributed by atoms with Gasteiger partial charge in [0.15, 0.2) is 0 Å². The van der Waals surface area contributed by atoms with Crippen molar-refractivity contribution in [2.24, 2.45) is 11.0 Å². The molecule has 1 aromatic heterocycles. The maximum atomic E-state index is 13.0. The number of fused-ring (bicyclic) bond motifs is 1. The Morgan fingerprint density at radius 1 is 1.38 bits per heavy atom. The quantitative estimate of drug-likeness (QED) is 0.641. The van der Waals surface area contributed by atoms with Gasteiger partial charge in [-0.2, -0.15) is 5.10 Å². The predicted molar refractivity (Wildman–Crippen MR) is 96.2 cm³/mol. The smallest absolute Gasteiger partial charge is 0.266 e. The van der Waals surface area contributed by atoms with Gasteiger partial charge < -0.3 is 0 Å². The molecule has 24 heavy (non-hydrogen) atoms. The Bertz CT molecular complexity index is 764. The van der Waals surface area contributed by atoms with Gasteiger partial charge in [-0.1, -0.05) is 26.0 Å². The molecule has 1 N–H and O–H groups in total. The molecule has 2 aromatic rings. The van der Waals surface area contributed by atoms with Gasteiger partial charge >= 0.3 is 0 Å². The molecule has 0 unspecified atom stereocenters. The molecule has 0 bridgehead atoms. The van der Waals surface area contributed by atoms with Crippen LogP contribution >= 0.6 is 11.3 Å². The standard InChI is InChI=1S/C19H21FN2OS/c1-3-16(13-5-7-15(20)8-6-13)21-22-19(23)18-11-14-10-12(2)4-9-17(14)24-18/h5-8,11-12H,3-4,9-10H2,1-2H3,(H,22,23)/b21-16-/t12-/m1/s1. The fraction of sp³-hybridized carbons (Fsp3) is 0.368. The first-order valence-electron chi connectivity index (χ1n) is 8.31. The van der Waals surface area contributed by atoms with E-state index in [2.05, 4.69) is 17.5 Å². The van der Waals surface area contributed by atoms with Crippen LogP contribution in [0.3, 0.4) is 0 Å². The van der Waals surface area contributed by atoms with E-state index in [0.29, 0.717) is 17.2 Å². The van der Waals surface area contributed by atoms with E-state index in [4.69, 9.17) is 0 Å². The summed E-state index contributed by atoms with van der Waals surface area (Å²) in [7, 11) is 0. The van der Waals surface area contributed by atoms with Gasteiger partial charge in [-0.25, -0.2) is 9.82 Å². The van der Waals surface area contributed by atoms with Crippen molar-refractivity contribution in [3.05, 3.63) is 57.0 Å². The van der Waals surface area contributed by atoms with Gasteiger partial charge in [0.25, 0.3) is 5.91 Å². The Morgan fingerprint density at radius 3 is 2.83 bits per heavy atom. The molecule has 3 nitrogen and oxygen atoms in total. The Hall–Kier alpha value is -2.01. The van der Waals surface area contributed by atoms with Crippen molar-refractivity contribution < 1.29 is 9.18 Å². The number of hydrogen-bond acceptors (Lipinski definition) is 3. The van der Waals surface area contributed by atoms with E-state index in [1.807, 2.05) is 13.0 Å². The summed E-state index contributed by atoms with van der Waals surface area (Å²) in [6, 6.07) is 8.15. The number of aryl methyl sites for hydroxylation is 1. The van der Waals surface area contributed by atoms with E-state index < -0.39 is 0 Å². The van der Waals surface area contributed by atoms with Crippen molar-refractivity contribution >= 4 is 23.0 Å². The highest BCUT2D eigenvalue weighted by Crippen LogP contribution is 2.32. The van der Waals surface area contributed by atoms with E-state index in [-0.39, 0.29) is 11.7 Å². The van der Waals surface area contributed by atoms with Crippen LogP contribution in [0.25, 0.3) is 0 Å². The van der Waals surface area contributed by atoms with Gasteiger partial charge in [-0.15, -0.1) is 11.3 Å². The van der Waals surface area contributed by atoms with Crippen LogP contribution in [0.15, 0.2) is 35.4 Å². The molecule has 1 aromatic carbocycles. The fourth-order valence-corrected chi connectivity index (χ4v) is 4.08. The summed E-state index contributed by atoms with van der Waals surface area (Å²) in [6.45, 7) is 4.21. The fourth-order valence-electron chi connectivity index (χ4n) is 2.98. The number of nitrogens with one attached hydrogen (secondary N) is 1. The minimum absolute atomic E-state index is 0.171. The minimum atomic E-state index is -0.281. The highest BCUT2D eigenvalue weighted by Gasteiger charge is 2.20. The summed E-state index contributed by atoms with van der Waals surface area (Å²) in [6.07, 6.45) is 3.97. The van der Waals surface area contributed by atoms with E-state index in [0.717, 1.165) is 24.1 Å². The van der Waals surface area contributed by atoms with Crippen molar-refractivity contribution in [3.8, 4) is 0 Å². The monoisotopic (exact) mass is 344 g/mol. The van der Waals surface area contributed by atoms with E-state index >= 15 is 0 Å². The van der Waals surface area contributed by atoms with Gasteiger partial charge in [-0.3, -0.25) is 4.79 Å². The summed E-state index contributed by atoms with van der Waals surface area (Å²) in [5, 5.41) is 4.24. The van der Waals surface area contributed by atoms with Crippen molar-refractivity contribution in [3.63, 3.8) is 0 Å². The van der Waals surface area contributed by atoms with Gasteiger partial charge in [-0.05, 0) is 60.9 Å². The number of carbonyl (C=O) groups is 1. The molecule has 5 heteroatoms. The topological polar surface area (TPSA) is 41.5 Å². The molecular weight excluding hydrogens is 323 g/mol. The molecule has 0 saturated heterocycles. The Kier molecular flexibility index (Phi) is 5.09. The number of nitrogens with zero attached hydrogens (tertiary/aromatic N) is 1. The van der Waals surface area contributed by atoms with E-state index in [9.17, 15) is 9.18 Å². The maximum absolute atomic E-state index is 13.0. The van der Waals surface area contributed by atoms with Crippen molar-refractivity contribution in [2.75, 3.05) is 0 Å². The number of carbonyl (C=O) groups excluding carboxylic acids is 1. The van der Waals surface area contributed by atoms with Crippen LogP contribution in [0.5, 0.6) is 0 Å². The van der Waals surface area contributed by atoms with Gasteiger partial charge in [0.1, 0.15) is 5.82 Å². The first-order chi connectivity index (χ1) is 11.6. The molecule has 126 valence electrons. The molecule has 1 aliphatic carbocycles. The van der Waals surface area contributed by atoms with E-state index in [1.54, 1.807) is 23.5 Å². The summed E-state index contributed by atoms with van der Waals surface area (Å²) in [5.41, 5.74) is 5.51. The van der Waals surface area contributed by atoms with Gasteiger partial charge in [0, 0.05) is 4.88 Å². The van der Waals surface area contributed by atoms with Crippen LogP contribution < -0.4 is 5.43 Å². The number of hydrazone groups is 1. The van der Waals surface area contributed by atoms with Gasteiger partial charge in [0.05, 0.1) is 10.6 Å². The predicted octanol–water partition coefficient (Wildman–Crippen LogP) is 4.56. The summed E-state index contributed by atoms with van der Waals surface area (Å²) in [5.74, 6) is 0.234. The summed E-state index contributed by atoms with van der Waals surface area (Å²) in [4.78, 5) is 14.4. The van der Waals surface area contributed by atoms with Crippen LogP contribution in [0.1, 0.15) is 52.4 Å². The molecule has 3 rings (SSSR count). The van der Waals surface area contributed by atoms with Crippen LogP contribution in [0.2, 0.25) is 0 Å². The average Bonchev–Trinajstić information content (AvgIpc) is 3.00. The van der Waals surface area contributed by atoms with Crippen LogP contribution in [-0.4, -0.2) is 11.6 Å². The minimum Gasteiger partial charge on any atom is -0.266 e. The first-order valence-corrected chi connectivity index (χ1v) is 9.13. The van der Waals surface area contributed by atoms with Crippen LogP contribution in [-0.2, 0) is 12.8 Å². The van der Waals surface area contributed by atoms with Crippen LogP contribution in [0, 0.1) is 11.7 Å². The third-order valence-electron chi connectivity index (χ3n) is 4.36. The lowest BCUT2D eigenvalue weighted by Crippen LogP contribution is -2.19. The van der Waals surface area contributed by atoms with Crippen molar-refractivity contribution in [2.45, 2.75) is 39.5 Å². The van der Waals surface area contributed by atoms with Crippen LogP contribution in [0.4, 0.5) is 4.39 Å². The number of amides is 1. The van der Waals surface area contributed by atoms with Gasteiger partial charge in [0.2, 0.25) is 0 Å². The molecule has 0 spiro atoms. The van der Waals surface area contributed by atoms with Crippen molar-refractivity contribution in [1.82, 2.24) is 5.43 Å². The molecule has 0 saturated carbocycles. The number of hydrogen-bond donors (Lipinski definition) is 1. The SMILES string of the molecule is CC/C(=N/NC(=O)c1cc2c(s1)CC[C@@H](C)C2)c1ccc(F)cc1. The summed E-state index contributed by atoms with van der Waals surface area (Å²) < 4.78 is 13.0. The molecule has 1 aliphatic rings. The number of rotatable bonds is 4. The highest BCUT2D eigenvalue weighted by molar-refractivity contribution is 7.14. The van der Waals surface area contributed by atoms with E-state index in [1.165, 1.54) is 29.0 Å². The van der Waals surface area contributed by atoms with Crippen molar-refractivity contribution in [1.29, 1.82) is 0 Å². The largest absolute Gasteiger partial charge is 0.281 e. The number of thiophene rings is 1. The summed E-state index contributed by atoms with van der Waals surface area (Å²) >= 11 is 1.57. The first kappa shape index (κ1) is 16.8. The zero-order chi connectivity index (χ0) is 17.1. The lowest BCUT2D eigenvalue weighted by atomic mass is 9.90. The zero-order valence-electron chi connectivity index (χ0n) is 13.9. The third kappa shape index (κ3) is 3.73. The Balaban J connectivity index is 1.73. The Labute approximate surface area is 145 Å². The normalized spacial score (nSPS) is 17.5. The third-order valence-corrected chi connectivity index (χ3v) is 5.59. The lowest BCUT2D eigenvalue weighted by molar-refractivity contribution is 0.0958. The molecule has 1 atom stereocenters. The molecule has 0 radical (unpaired) electrons. The second-order valence-electron chi connectivity index (χ2n) is 6.27. The molecule has 1 amide bonds. The number of halogens is 1. The second-order valence-corrected chi connectivity index (χ2v) is 7.40. The highest BCUT2D eigenvalue weighted by atomic mass is 32.1. The average molecular weight is 344 g/mol. The molecule has 1 heterocycles.